The Morgan fingerprint density at radius 1 is 0.270 bits per heavy atom. The molecule has 6 heteroatoms. The average molecular weight is 1030 g/mol. The molecule has 1 unspecified atom stereocenters. The number of allylic oxidation sites excluding steroid dienone is 14. The Bertz CT molecular complexity index is 1420. The van der Waals surface area contributed by atoms with E-state index in [2.05, 4.69) is 106 Å². The van der Waals surface area contributed by atoms with Crippen LogP contribution in [0.4, 0.5) is 0 Å². The van der Waals surface area contributed by atoms with Crippen molar-refractivity contribution in [1.29, 1.82) is 0 Å². The Morgan fingerprint density at radius 2 is 0.486 bits per heavy atom. The van der Waals surface area contributed by atoms with Gasteiger partial charge in [-0.15, -0.1) is 0 Å². The maximum absolute atomic E-state index is 12.9. The maximum atomic E-state index is 12.9. The smallest absolute Gasteiger partial charge is 0.306 e. The Kier molecular flexibility index (Phi) is 59.3. The predicted molar refractivity (Wildman–Crippen MR) is 321 cm³/mol. The highest BCUT2D eigenvalue weighted by molar-refractivity contribution is 5.71. The third-order valence-electron chi connectivity index (χ3n) is 13.6. The minimum Gasteiger partial charge on any atom is -0.462 e. The van der Waals surface area contributed by atoms with Gasteiger partial charge in [-0.2, -0.15) is 0 Å². The Morgan fingerprint density at radius 3 is 0.797 bits per heavy atom. The SMILES string of the molecule is CCCCC/C=C\C/C=C\CCCCCCCCCC(=O)OCC(COC(=O)CCCCCCCC/C=C\C/C=C\C/C=C\CCCCCCC)OC(=O)CCCCCCCCC/C=C\C/C=C\CCCCCC. The molecule has 0 aromatic carbocycles. The molecule has 426 valence electrons. The fourth-order valence-electron chi connectivity index (χ4n) is 8.80. The highest BCUT2D eigenvalue weighted by Crippen LogP contribution is 2.15. The van der Waals surface area contributed by atoms with Gasteiger partial charge in [-0.1, -0.05) is 254 Å². The summed E-state index contributed by atoms with van der Waals surface area (Å²) in [7, 11) is 0. The van der Waals surface area contributed by atoms with Crippen LogP contribution >= 0.6 is 0 Å². The summed E-state index contributed by atoms with van der Waals surface area (Å²) in [4.78, 5) is 38.3. The van der Waals surface area contributed by atoms with Gasteiger partial charge in [0.1, 0.15) is 13.2 Å². The van der Waals surface area contributed by atoms with E-state index >= 15 is 0 Å². The van der Waals surface area contributed by atoms with E-state index in [4.69, 9.17) is 14.2 Å². The zero-order valence-electron chi connectivity index (χ0n) is 48.8. The van der Waals surface area contributed by atoms with E-state index in [0.717, 1.165) is 103 Å². The molecule has 6 nitrogen and oxygen atoms in total. The van der Waals surface area contributed by atoms with E-state index < -0.39 is 6.10 Å². The minimum atomic E-state index is -0.792. The second-order valence-corrected chi connectivity index (χ2v) is 21.0. The van der Waals surface area contributed by atoms with Crippen LogP contribution in [0.3, 0.4) is 0 Å². The van der Waals surface area contributed by atoms with E-state index in [1.165, 1.54) is 167 Å². The third kappa shape index (κ3) is 59.5. The maximum Gasteiger partial charge on any atom is 0.306 e. The van der Waals surface area contributed by atoms with Crippen LogP contribution in [-0.4, -0.2) is 37.2 Å². The van der Waals surface area contributed by atoms with Gasteiger partial charge in [-0.25, -0.2) is 0 Å². The minimum absolute atomic E-state index is 0.0879. The van der Waals surface area contributed by atoms with Gasteiger partial charge in [-0.3, -0.25) is 14.4 Å². The molecule has 0 bridgehead atoms. The molecule has 1 atom stereocenters. The third-order valence-corrected chi connectivity index (χ3v) is 13.6. The summed E-state index contributed by atoms with van der Waals surface area (Å²) in [5.41, 5.74) is 0. The van der Waals surface area contributed by atoms with Crippen molar-refractivity contribution in [1.82, 2.24) is 0 Å². The molecule has 0 aliphatic rings. The largest absolute Gasteiger partial charge is 0.462 e. The molecule has 0 aromatic heterocycles. The van der Waals surface area contributed by atoms with Gasteiger partial charge in [0, 0.05) is 19.3 Å². The van der Waals surface area contributed by atoms with Gasteiger partial charge in [0.05, 0.1) is 0 Å². The van der Waals surface area contributed by atoms with Crippen LogP contribution in [0.1, 0.15) is 310 Å². The van der Waals surface area contributed by atoms with Gasteiger partial charge >= 0.3 is 17.9 Å². The van der Waals surface area contributed by atoms with Crippen molar-refractivity contribution in [2.75, 3.05) is 13.2 Å². The van der Waals surface area contributed by atoms with Gasteiger partial charge in [0.15, 0.2) is 6.10 Å². The molecule has 0 saturated carbocycles. The van der Waals surface area contributed by atoms with E-state index in [1.54, 1.807) is 0 Å². The van der Waals surface area contributed by atoms with Crippen molar-refractivity contribution < 1.29 is 28.6 Å². The number of unbranched alkanes of at least 4 members (excludes halogenated alkanes) is 32. The molecule has 0 rings (SSSR count). The van der Waals surface area contributed by atoms with Gasteiger partial charge < -0.3 is 14.2 Å². The first-order chi connectivity index (χ1) is 36.5. The Labute approximate surface area is 458 Å². The summed E-state index contributed by atoms with van der Waals surface area (Å²) in [6, 6.07) is 0. The number of carbonyl (C=O) groups is 3. The molecule has 0 spiro atoms. The molecule has 0 N–H and O–H groups in total. The number of rotatable bonds is 57. The summed E-state index contributed by atoms with van der Waals surface area (Å²) in [6.45, 7) is 6.59. The van der Waals surface area contributed by atoms with Gasteiger partial charge in [0.2, 0.25) is 0 Å². The van der Waals surface area contributed by atoms with E-state index in [1.807, 2.05) is 0 Å². The predicted octanol–water partition coefficient (Wildman–Crippen LogP) is 21.5. The molecule has 0 aliphatic heterocycles. The standard InChI is InChI=1S/C68H118O6/c1-4-7-10-13-16-19-22-25-28-31-33-34-35-38-40-43-46-49-52-55-58-61-67(70)73-64-65(63-72-66(69)60-57-54-51-48-45-42-39-36-30-27-24-21-18-15-12-9-6-3)74-68(71)62-59-56-53-50-47-44-41-37-32-29-26-23-20-17-14-11-8-5-2/h18,20-23,25,27,29-33,35,38,65H,4-17,19,24,26,28,34,36-37,39-64H2,1-3H3/b21-18-,23-20-,25-22-,30-27-,32-29-,33-31-,38-35-. The van der Waals surface area contributed by atoms with Crippen LogP contribution in [0.2, 0.25) is 0 Å². The highest BCUT2D eigenvalue weighted by Gasteiger charge is 2.19. The van der Waals surface area contributed by atoms with E-state index in [-0.39, 0.29) is 31.1 Å². The summed E-state index contributed by atoms with van der Waals surface area (Å²) in [5, 5.41) is 0. The van der Waals surface area contributed by atoms with Crippen molar-refractivity contribution in [2.24, 2.45) is 0 Å². The fraction of sp³-hybridized carbons (Fsp3) is 0.750. The summed E-state index contributed by atoms with van der Waals surface area (Å²) in [5.74, 6) is -0.905. The van der Waals surface area contributed by atoms with Crippen molar-refractivity contribution in [3.05, 3.63) is 85.1 Å². The molecular weight excluding hydrogens is 913 g/mol. The lowest BCUT2D eigenvalue weighted by Gasteiger charge is -2.18. The molecule has 0 fully saturated rings. The molecule has 0 aliphatic carbocycles. The van der Waals surface area contributed by atoms with Crippen LogP contribution in [0.15, 0.2) is 85.1 Å². The quantitative estimate of drug-likeness (QED) is 0.0261. The first kappa shape index (κ1) is 70.6. The second-order valence-electron chi connectivity index (χ2n) is 21.0. The molecule has 0 aromatic rings. The molecule has 0 heterocycles. The summed E-state index contributed by atoms with van der Waals surface area (Å²) in [6.07, 6.45) is 81.4. The summed E-state index contributed by atoms with van der Waals surface area (Å²) >= 11 is 0. The number of esters is 3. The van der Waals surface area contributed by atoms with Crippen molar-refractivity contribution in [3.63, 3.8) is 0 Å². The lowest BCUT2D eigenvalue weighted by molar-refractivity contribution is -0.167. The Hall–Kier alpha value is -3.41. The lowest BCUT2D eigenvalue weighted by atomic mass is 10.1. The normalized spacial score (nSPS) is 12.6. The van der Waals surface area contributed by atoms with Crippen LogP contribution in [0, 0.1) is 0 Å². The highest BCUT2D eigenvalue weighted by atomic mass is 16.6. The Balaban J connectivity index is 4.43. The van der Waals surface area contributed by atoms with Gasteiger partial charge in [0.25, 0.3) is 0 Å². The lowest BCUT2D eigenvalue weighted by Crippen LogP contribution is -2.30. The number of hydrogen-bond acceptors (Lipinski definition) is 6. The van der Waals surface area contributed by atoms with Crippen molar-refractivity contribution >= 4 is 17.9 Å². The first-order valence-corrected chi connectivity index (χ1v) is 31.6. The average Bonchev–Trinajstić information content (AvgIpc) is 3.40. The monoisotopic (exact) mass is 1030 g/mol. The van der Waals surface area contributed by atoms with Crippen molar-refractivity contribution in [3.8, 4) is 0 Å². The van der Waals surface area contributed by atoms with Crippen LogP contribution in [-0.2, 0) is 28.6 Å². The van der Waals surface area contributed by atoms with E-state index in [9.17, 15) is 14.4 Å². The van der Waals surface area contributed by atoms with E-state index in [0.29, 0.717) is 19.3 Å². The van der Waals surface area contributed by atoms with Crippen LogP contribution in [0.25, 0.3) is 0 Å². The van der Waals surface area contributed by atoms with Crippen LogP contribution in [0.5, 0.6) is 0 Å². The van der Waals surface area contributed by atoms with Crippen molar-refractivity contribution in [2.45, 2.75) is 316 Å². The zero-order valence-corrected chi connectivity index (χ0v) is 48.8. The topological polar surface area (TPSA) is 78.9 Å². The molecular formula is C68H118O6. The molecule has 0 amide bonds. The summed E-state index contributed by atoms with van der Waals surface area (Å²) < 4.78 is 16.9. The number of hydrogen-bond donors (Lipinski definition) is 0. The molecule has 0 radical (unpaired) electrons. The first-order valence-electron chi connectivity index (χ1n) is 31.6. The zero-order chi connectivity index (χ0) is 53.6. The van der Waals surface area contributed by atoms with Crippen LogP contribution < -0.4 is 0 Å². The fourth-order valence-corrected chi connectivity index (χ4v) is 8.80. The number of ether oxygens (including phenoxy) is 3. The number of carbonyl (C=O) groups excluding carboxylic acids is 3. The molecule has 74 heavy (non-hydrogen) atoms. The second kappa shape index (κ2) is 62.1. The van der Waals surface area contributed by atoms with Gasteiger partial charge in [-0.05, 0) is 122 Å². The molecule has 0 saturated heterocycles.